The Hall–Kier alpha value is -6.42. The predicted molar refractivity (Wildman–Crippen MR) is 220 cm³/mol. The van der Waals surface area contributed by atoms with Gasteiger partial charge in [-0.1, -0.05) is 24.8 Å². The van der Waals surface area contributed by atoms with E-state index < -0.39 is 60.5 Å². The number of carbonyl (C=O) groups is 6. The Morgan fingerprint density at radius 3 is 2.25 bits per heavy atom. The standard InChI is InChI=1S/C44H52N4O12/c1-8-28-20-34(40(52)47-31-15-13-29(14-16-31)35(45)22-38(51)56-19-9-10-37(50)60-44(5,6)7)33(21-30(28)24-49)32-17-18-36(41(53)46-23-27-11-12-27)48-39(32)42(54)58-26(4)59-43(55)57-25(2)3/h8,13-18,20-21,25-27,45,49H,1,9-12,19,22-24H2,2-7H3,(H,46,53)(H,47,52). The quantitative estimate of drug-likeness (QED) is 0.0322. The molecule has 2 amide bonds. The number of hydrogen-bond donors (Lipinski definition) is 4. The van der Waals surface area contributed by atoms with Gasteiger partial charge in [-0.15, -0.1) is 0 Å². The molecule has 16 heteroatoms. The van der Waals surface area contributed by atoms with Crippen LogP contribution >= 0.6 is 0 Å². The minimum Gasteiger partial charge on any atom is -0.465 e. The van der Waals surface area contributed by atoms with Crippen LogP contribution in [-0.4, -0.2) is 82.8 Å². The summed E-state index contributed by atoms with van der Waals surface area (Å²) in [6.07, 6.45) is 0.461. The minimum atomic E-state index is -1.43. The number of ether oxygens (including phenoxy) is 5. The van der Waals surface area contributed by atoms with Gasteiger partial charge in [0.1, 0.15) is 11.3 Å². The number of carbonyl (C=O) groups excluding carboxylic acids is 6. The van der Waals surface area contributed by atoms with Crippen molar-refractivity contribution in [2.75, 3.05) is 18.5 Å². The summed E-state index contributed by atoms with van der Waals surface area (Å²) in [5, 5.41) is 24.3. The molecule has 1 unspecified atom stereocenters. The van der Waals surface area contributed by atoms with Crippen molar-refractivity contribution < 1.29 is 57.6 Å². The molecule has 4 rings (SSSR count). The van der Waals surface area contributed by atoms with E-state index >= 15 is 0 Å². The molecule has 1 fully saturated rings. The molecule has 4 N–H and O–H groups in total. The first-order chi connectivity index (χ1) is 28.4. The fraction of sp³-hybridized carbons (Fsp3) is 0.409. The maximum atomic E-state index is 14.1. The van der Waals surface area contributed by atoms with Crippen LogP contribution in [0.25, 0.3) is 17.2 Å². The van der Waals surface area contributed by atoms with E-state index in [4.69, 9.17) is 29.1 Å². The van der Waals surface area contributed by atoms with Crippen LogP contribution in [0.5, 0.6) is 0 Å². The van der Waals surface area contributed by atoms with Crippen LogP contribution in [0.3, 0.4) is 0 Å². The molecule has 0 bridgehead atoms. The summed E-state index contributed by atoms with van der Waals surface area (Å²) in [7, 11) is 0. The van der Waals surface area contributed by atoms with Gasteiger partial charge in [-0.25, -0.2) is 14.6 Å². The number of anilines is 1. The second kappa shape index (κ2) is 21.0. The zero-order chi connectivity index (χ0) is 44.1. The van der Waals surface area contributed by atoms with Gasteiger partial charge in [0.15, 0.2) is 5.69 Å². The van der Waals surface area contributed by atoms with Crippen molar-refractivity contribution in [2.45, 2.75) is 98.2 Å². The number of aromatic nitrogens is 1. The van der Waals surface area contributed by atoms with E-state index in [1.807, 2.05) is 0 Å². The molecule has 0 saturated heterocycles. The molecule has 60 heavy (non-hydrogen) atoms. The van der Waals surface area contributed by atoms with E-state index in [1.165, 1.54) is 49.4 Å². The Kier molecular flexibility index (Phi) is 16.2. The fourth-order valence-corrected chi connectivity index (χ4v) is 5.64. The van der Waals surface area contributed by atoms with E-state index in [1.54, 1.807) is 46.8 Å². The largest absolute Gasteiger partial charge is 0.511 e. The summed E-state index contributed by atoms with van der Waals surface area (Å²) in [6, 6.07) is 12.0. The number of benzene rings is 2. The van der Waals surface area contributed by atoms with E-state index in [2.05, 4.69) is 22.2 Å². The summed E-state index contributed by atoms with van der Waals surface area (Å²) in [5.41, 5.74) is 0.597. The molecule has 2 aromatic carbocycles. The lowest BCUT2D eigenvalue weighted by Gasteiger charge is -2.19. The highest BCUT2D eigenvalue weighted by atomic mass is 16.8. The van der Waals surface area contributed by atoms with E-state index in [-0.39, 0.29) is 59.7 Å². The van der Waals surface area contributed by atoms with Gasteiger partial charge in [0, 0.05) is 42.4 Å². The fourth-order valence-electron chi connectivity index (χ4n) is 5.64. The van der Waals surface area contributed by atoms with Crippen LogP contribution in [0.2, 0.25) is 0 Å². The Morgan fingerprint density at radius 2 is 1.63 bits per heavy atom. The zero-order valence-corrected chi connectivity index (χ0v) is 34.7. The summed E-state index contributed by atoms with van der Waals surface area (Å²) >= 11 is 0. The van der Waals surface area contributed by atoms with Crippen molar-refractivity contribution in [2.24, 2.45) is 5.92 Å². The van der Waals surface area contributed by atoms with Crippen LogP contribution < -0.4 is 10.6 Å². The van der Waals surface area contributed by atoms with E-state index in [0.717, 1.165) is 12.8 Å². The number of aliphatic hydroxyl groups is 1. The summed E-state index contributed by atoms with van der Waals surface area (Å²) < 4.78 is 25.9. The van der Waals surface area contributed by atoms with Gasteiger partial charge in [-0.2, -0.15) is 0 Å². The number of esters is 3. The summed E-state index contributed by atoms with van der Waals surface area (Å²) in [6.45, 7) is 13.6. The van der Waals surface area contributed by atoms with Crippen molar-refractivity contribution >= 4 is 53.4 Å². The summed E-state index contributed by atoms with van der Waals surface area (Å²) in [5.74, 6) is -2.94. The highest BCUT2D eigenvalue weighted by Gasteiger charge is 2.28. The van der Waals surface area contributed by atoms with Crippen LogP contribution in [0.15, 0.2) is 55.1 Å². The van der Waals surface area contributed by atoms with Gasteiger partial charge in [-0.05, 0) is 118 Å². The van der Waals surface area contributed by atoms with Crippen LogP contribution in [0.4, 0.5) is 10.5 Å². The molecule has 1 aliphatic carbocycles. The molecule has 0 aliphatic heterocycles. The third-order valence-electron chi connectivity index (χ3n) is 8.66. The molecule has 320 valence electrons. The average Bonchev–Trinajstić information content (AvgIpc) is 4.01. The van der Waals surface area contributed by atoms with Gasteiger partial charge in [0.2, 0.25) is 6.29 Å². The second-order valence-electron chi connectivity index (χ2n) is 15.3. The molecule has 0 radical (unpaired) electrons. The molecular weight excluding hydrogens is 777 g/mol. The number of amides is 2. The normalized spacial score (nSPS) is 12.7. The minimum absolute atomic E-state index is 0.00776. The number of pyridine rings is 1. The Labute approximate surface area is 348 Å². The number of aliphatic hydroxyl groups excluding tert-OH is 1. The first-order valence-electron chi connectivity index (χ1n) is 19.5. The van der Waals surface area contributed by atoms with Crippen molar-refractivity contribution in [1.29, 1.82) is 5.41 Å². The topological polar surface area (TPSA) is 230 Å². The highest BCUT2D eigenvalue weighted by Crippen LogP contribution is 2.32. The molecule has 0 spiro atoms. The molecule has 16 nitrogen and oxygen atoms in total. The monoisotopic (exact) mass is 828 g/mol. The molecule has 1 heterocycles. The Morgan fingerprint density at radius 1 is 0.933 bits per heavy atom. The lowest BCUT2D eigenvalue weighted by atomic mass is 9.92. The summed E-state index contributed by atoms with van der Waals surface area (Å²) in [4.78, 5) is 81.6. The van der Waals surface area contributed by atoms with Gasteiger partial charge in [0.25, 0.3) is 11.8 Å². The third kappa shape index (κ3) is 14.1. The molecule has 1 saturated carbocycles. The molecule has 1 aromatic heterocycles. The average molecular weight is 829 g/mol. The third-order valence-corrected chi connectivity index (χ3v) is 8.66. The number of nitrogens with zero attached hydrogens (tertiary/aromatic N) is 1. The maximum absolute atomic E-state index is 14.1. The smallest absolute Gasteiger partial charge is 0.465 e. The van der Waals surface area contributed by atoms with E-state index in [0.29, 0.717) is 34.8 Å². The lowest BCUT2D eigenvalue weighted by molar-refractivity contribution is -0.156. The molecule has 1 aliphatic rings. The predicted octanol–water partition coefficient (Wildman–Crippen LogP) is 6.76. The first-order valence-corrected chi connectivity index (χ1v) is 19.5. The lowest BCUT2D eigenvalue weighted by Crippen LogP contribution is -2.28. The van der Waals surface area contributed by atoms with Crippen LogP contribution in [-0.2, 0) is 39.9 Å². The van der Waals surface area contributed by atoms with Crippen molar-refractivity contribution in [1.82, 2.24) is 10.3 Å². The number of rotatable bonds is 19. The van der Waals surface area contributed by atoms with Gasteiger partial charge in [-0.3, -0.25) is 19.2 Å². The zero-order valence-electron chi connectivity index (χ0n) is 34.7. The SMILES string of the molecule is C=Cc1cc(C(=O)Nc2ccc(C(=N)CC(=O)OCCCC(=O)OC(C)(C)C)cc2)c(-c2ccc(C(=O)NCC3CC3)nc2C(=O)OC(C)OC(=O)OC(C)C)cc1CO. The number of hydrogen-bond acceptors (Lipinski definition) is 14. The first kappa shape index (κ1) is 46.3. The Balaban J connectivity index is 1.56. The molecule has 3 aromatic rings. The van der Waals surface area contributed by atoms with Gasteiger partial charge < -0.3 is 44.8 Å². The van der Waals surface area contributed by atoms with Crippen molar-refractivity contribution in [3.05, 3.63) is 88.8 Å². The molecular formula is C44H52N4O12. The van der Waals surface area contributed by atoms with Crippen molar-refractivity contribution in [3.8, 4) is 11.1 Å². The van der Waals surface area contributed by atoms with Gasteiger partial charge in [0.05, 0.1) is 25.7 Å². The maximum Gasteiger partial charge on any atom is 0.511 e. The molecule has 1 atom stereocenters. The highest BCUT2D eigenvalue weighted by molar-refractivity contribution is 6.12. The Bertz CT molecular complexity index is 2100. The van der Waals surface area contributed by atoms with Crippen LogP contribution in [0.1, 0.15) is 122 Å². The van der Waals surface area contributed by atoms with Gasteiger partial charge >= 0.3 is 24.1 Å². The second-order valence-corrected chi connectivity index (χ2v) is 15.3. The number of nitrogens with one attached hydrogen (secondary N) is 3. The van der Waals surface area contributed by atoms with Crippen molar-refractivity contribution in [3.63, 3.8) is 0 Å². The van der Waals surface area contributed by atoms with Crippen LogP contribution in [0, 0.1) is 11.3 Å². The van der Waals surface area contributed by atoms with E-state index in [9.17, 15) is 33.9 Å².